The van der Waals surface area contributed by atoms with Crippen LogP contribution in [0.15, 0.2) is 4.52 Å². The second-order valence-corrected chi connectivity index (χ2v) is 6.33. The Kier molecular flexibility index (Phi) is 5.54. The van der Waals surface area contributed by atoms with Gasteiger partial charge in [-0.3, -0.25) is 4.90 Å². The van der Waals surface area contributed by atoms with Crippen molar-refractivity contribution in [3.63, 3.8) is 0 Å². The predicted molar refractivity (Wildman–Crippen MR) is 79.2 cm³/mol. The van der Waals surface area contributed by atoms with Crippen LogP contribution in [0.25, 0.3) is 0 Å². The van der Waals surface area contributed by atoms with Crippen molar-refractivity contribution in [1.29, 1.82) is 0 Å². The lowest BCUT2D eigenvalue weighted by atomic mass is 9.91. The minimum Gasteiger partial charge on any atom is -0.338 e. The fourth-order valence-corrected chi connectivity index (χ4v) is 2.94. The molecule has 0 radical (unpaired) electrons. The van der Waals surface area contributed by atoms with E-state index in [0.29, 0.717) is 18.0 Å². The molecular weight excluding hydrogens is 252 g/mol. The zero-order valence-corrected chi connectivity index (χ0v) is 13.0. The Morgan fingerprint density at radius 1 is 1.30 bits per heavy atom. The van der Waals surface area contributed by atoms with Gasteiger partial charge in [0.1, 0.15) is 0 Å². The van der Waals surface area contributed by atoms with Gasteiger partial charge in [0.25, 0.3) is 0 Å². The van der Waals surface area contributed by atoms with Crippen LogP contribution >= 0.6 is 0 Å². The summed E-state index contributed by atoms with van der Waals surface area (Å²) >= 11 is 0. The Bertz CT molecular complexity index is 396. The second-order valence-electron chi connectivity index (χ2n) is 6.33. The zero-order valence-electron chi connectivity index (χ0n) is 13.0. The molecule has 0 amide bonds. The number of aromatic nitrogens is 2. The molecule has 1 saturated carbocycles. The van der Waals surface area contributed by atoms with Crippen LogP contribution in [0.5, 0.6) is 0 Å². The first-order valence-electron chi connectivity index (χ1n) is 7.89. The molecule has 1 fully saturated rings. The predicted octanol–water partition coefficient (Wildman–Crippen LogP) is 2.36. The molecule has 0 bridgehead atoms. The van der Waals surface area contributed by atoms with Crippen LogP contribution in [-0.2, 0) is 13.0 Å². The third-order valence-corrected chi connectivity index (χ3v) is 4.10. The molecule has 2 N–H and O–H groups in total. The van der Waals surface area contributed by atoms with E-state index < -0.39 is 0 Å². The summed E-state index contributed by atoms with van der Waals surface area (Å²) in [6, 6.07) is 1.01. The van der Waals surface area contributed by atoms with Crippen LogP contribution in [0, 0.1) is 5.92 Å². The molecule has 0 aromatic carbocycles. The summed E-state index contributed by atoms with van der Waals surface area (Å²) in [6.07, 6.45) is 5.51. The molecule has 1 aliphatic rings. The Balaban J connectivity index is 1.90. The number of nitrogens with zero attached hydrogens (tertiary/aromatic N) is 3. The first-order valence-corrected chi connectivity index (χ1v) is 7.89. The van der Waals surface area contributed by atoms with Crippen LogP contribution in [-0.4, -0.2) is 33.7 Å². The fourth-order valence-electron chi connectivity index (χ4n) is 2.94. The van der Waals surface area contributed by atoms with Crippen molar-refractivity contribution in [3.05, 3.63) is 11.7 Å². The lowest BCUT2D eigenvalue weighted by Gasteiger charge is -2.34. The quantitative estimate of drug-likeness (QED) is 0.866. The van der Waals surface area contributed by atoms with Gasteiger partial charge >= 0.3 is 0 Å². The molecule has 5 nitrogen and oxygen atoms in total. The molecule has 1 heterocycles. The Morgan fingerprint density at radius 2 is 2.00 bits per heavy atom. The molecule has 2 rings (SSSR count). The van der Waals surface area contributed by atoms with E-state index >= 15 is 0 Å². The normalized spacial score (nSPS) is 23.7. The molecular formula is C15H28N4O. The Morgan fingerprint density at radius 3 is 2.60 bits per heavy atom. The summed E-state index contributed by atoms with van der Waals surface area (Å²) in [5, 5.41) is 4.07. The van der Waals surface area contributed by atoms with Crippen LogP contribution in [0.1, 0.15) is 58.2 Å². The van der Waals surface area contributed by atoms with Gasteiger partial charge in [0.05, 0.1) is 6.54 Å². The third kappa shape index (κ3) is 4.28. The number of hydrogen-bond acceptors (Lipinski definition) is 5. The summed E-state index contributed by atoms with van der Waals surface area (Å²) in [4.78, 5) is 6.95. The maximum Gasteiger partial charge on any atom is 0.240 e. The summed E-state index contributed by atoms with van der Waals surface area (Å²) in [7, 11) is 0. The van der Waals surface area contributed by atoms with Crippen molar-refractivity contribution in [3.8, 4) is 0 Å². The Labute approximate surface area is 121 Å². The van der Waals surface area contributed by atoms with E-state index in [0.717, 1.165) is 44.1 Å². The first-order chi connectivity index (χ1) is 9.58. The number of rotatable bonds is 6. The van der Waals surface area contributed by atoms with Gasteiger partial charge in [0.2, 0.25) is 5.89 Å². The molecule has 1 aromatic rings. The standard InChI is InChI=1S/C15H28N4O/c1-4-19(13-7-5-12(16)6-8-13)10-15-17-14(18-20-15)9-11(2)3/h11-13H,4-10,16H2,1-3H3. The van der Waals surface area contributed by atoms with Crippen molar-refractivity contribution >= 4 is 0 Å². The van der Waals surface area contributed by atoms with E-state index in [1.807, 2.05) is 0 Å². The van der Waals surface area contributed by atoms with Gasteiger partial charge in [-0.15, -0.1) is 0 Å². The van der Waals surface area contributed by atoms with Crippen molar-refractivity contribution in [2.75, 3.05) is 6.54 Å². The van der Waals surface area contributed by atoms with Crippen LogP contribution in [0.2, 0.25) is 0 Å². The van der Waals surface area contributed by atoms with Gasteiger partial charge in [-0.05, 0) is 38.1 Å². The largest absolute Gasteiger partial charge is 0.338 e. The average molecular weight is 280 g/mol. The monoisotopic (exact) mass is 280 g/mol. The summed E-state index contributed by atoms with van der Waals surface area (Å²) in [5.74, 6) is 2.14. The lowest BCUT2D eigenvalue weighted by Crippen LogP contribution is -2.40. The minimum atomic E-state index is 0.394. The molecule has 0 aliphatic heterocycles. The zero-order chi connectivity index (χ0) is 14.5. The summed E-state index contributed by atoms with van der Waals surface area (Å²) in [5.41, 5.74) is 5.98. The Hall–Kier alpha value is -0.940. The second kappa shape index (κ2) is 7.18. The molecule has 1 aliphatic carbocycles. The number of nitrogens with two attached hydrogens (primary N) is 1. The molecule has 5 heteroatoms. The van der Waals surface area contributed by atoms with Gasteiger partial charge in [-0.25, -0.2) is 0 Å². The maximum atomic E-state index is 5.98. The molecule has 1 aromatic heterocycles. The molecule has 0 spiro atoms. The molecule has 20 heavy (non-hydrogen) atoms. The van der Waals surface area contributed by atoms with Crippen molar-refractivity contribution in [1.82, 2.24) is 15.0 Å². The SMILES string of the molecule is CCN(Cc1nc(CC(C)C)no1)C1CCC(N)CC1. The van der Waals surface area contributed by atoms with E-state index in [-0.39, 0.29) is 0 Å². The van der Waals surface area contributed by atoms with E-state index in [4.69, 9.17) is 10.3 Å². The highest BCUT2D eigenvalue weighted by Gasteiger charge is 2.24. The van der Waals surface area contributed by atoms with Crippen LogP contribution < -0.4 is 5.73 Å². The number of hydrogen-bond donors (Lipinski definition) is 1. The molecule has 0 unspecified atom stereocenters. The van der Waals surface area contributed by atoms with E-state index in [1.165, 1.54) is 12.8 Å². The molecule has 0 atom stereocenters. The van der Waals surface area contributed by atoms with E-state index in [1.54, 1.807) is 0 Å². The van der Waals surface area contributed by atoms with Crippen molar-refractivity contribution < 1.29 is 4.52 Å². The maximum absolute atomic E-state index is 5.98. The third-order valence-electron chi connectivity index (χ3n) is 4.10. The van der Waals surface area contributed by atoms with Crippen molar-refractivity contribution in [2.45, 2.75) is 71.5 Å². The van der Waals surface area contributed by atoms with E-state index in [9.17, 15) is 0 Å². The van der Waals surface area contributed by atoms with Gasteiger partial charge < -0.3 is 10.3 Å². The minimum absolute atomic E-state index is 0.394. The van der Waals surface area contributed by atoms with Gasteiger partial charge in [-0.1, -0.05) is 25.9 Å². The summed E-state index contributed by atoms with van der Waals surface area (Å²) in [6.45, 7) is 8.31. The highest BCUT2D eigenvalue weighted by atomic mass is 16.5. The van der Waals surface area contributed by atoms with Crippen LogP contribution in [0.3, 0.4) is 0 Å². The van der Waals surface area contributed by atoms with Gasteiger partial charge in [-0.2, -0.15) is 4.98 Å². The van der Waals surface area contributed by atoms with Gasteiger partial charge in [0, 0.05) is 18.5 Å². The highest BCUT2D eigenvalue weighted by Crippen LogP contribution is 2.23. The molecule has 114 valence electrons. The smallest absolute Gasteiger partial charge is 0.240 e. The topological polar surface area (TPSA) is 68.2 Å². The van der Waals surface area contributed by atoms with Crippen LogP contribution in [0.4, 0.5) is 0 Å². The first kappa shape index (κ1) is 15.4. The molecule has 0 saturated heterocycles. The van der Waals surface area contributed by atoms with E-state index in [2.05, 4.69) is 35.8 Å². The fraction of sp³-hybridized carbons (Fsp3) is 0.867. The van der Waals surface area contributed by atoms with Gasteiger partial charge in [0.15, 0.2) is 5.82 Å². The van der Waals surface area contributed by atoms with Crippen molar-refractivity contribution in [2.24, 2.45) is 11.7 Å². The average Bonchev–Trinajstić information content (AvgIpc) is 2.83. The lowest BCUT2D eigenvalue weighted by molar-refractivity contribution is 0.133. The highest BCUT2D eigenvalue weighted by molar-refractivity contribution is 4.89. The summed E-state index contributed by atoms with van der Waals surface area (Å²) < 4.78 is 5.38.